The molecule has 0 radical (unpaired) electrons. The SMILES string of the molecule is CC1CN(c2ccc(S)cn2)CC(C)N1S(C)(=O)=O. The molecule has 0 N–H and O–H groups in total. The van der Waals surface area contributed by atoms with E-state index in [4.69, 9.17) is 0 Å². The van der Waals surface area contributed by atoms with Crippen molar-refractivity contribution in [2.24, 2.45) is 0 Å². The van der Waals surface area contributed by atoms with Gasteiger partial charge in [-0.1, -0.05) is 0 Å². The second-order valence-corrected chi connectivity index (χ2v) is 7.47. The average Bonchev–Trinajstić information content (AvgIpc) is 2.26. The zero-order valence-electron chi connectivity index (χ0n) is 11.3. The molecule has 0 saturated carbocycles. The van der Waals surface area contributed by atoms with Crippen molar-refractivity contribution in [1.29, 1.82) is 0 Å². The number of rotatable bonds is 2. The van der Waals surface area contributed by atoms with Gasteiger partial charge in [0, 0.05) is 36.3 Å². The Kier molecular flexibility index (Phi) is 4.08. The monoisotopic (exact) mass is 301 g/mol. The Labute approximate surface area is 120 Å². The second-order valence-electron chi connectivity index (χ2n) is 5.07. The minimum atomic E-state index is -3.16. The van der Waals surface area contributed by atoms with Gasteiger partial charge in [0.25, 0.3) is 0 Å². The third-order valence-corrected chi connectivity index (χ3v) is 5.03. The van der Waals surface area contributed by atoms with Crippen LogP contribution in [0.5, 0.6) is 0 Å². The lowest BCUT2D eigenvalue weighted by Gasteiger charge is -2.43. The largest absolute Gasteiger partial charge is 0.353 e. The van der Waals surface area contributed by atoms with E-state index < -0.39 is 10.0 Å². The molecule has 0 spiro atoms. The third-order valence-electron chi connectivity index (χ3n) is 3.28. The van der Waals surface area contributed by atoms with Crippen LogP contribution in [-0.2, 0) is 10.0 Å². The number of nitrogens with zero attached hydrogens (tertiary/aromatic N) is 3. The lowest BCUT2D eigenvalue weighted by Crippen LogP contribution is -2.58. The quantitative estimate of drug-likeness (QED) is 0.835. The fourth-order valence-corrected chi connectivity index (χ4v) is 4.29. The van der Waals surface area contributed by atoms with Crippen LogP contribution in [-0.4, -0.2) is 49.1 Å². The Morgan fingerprint density at radius 1 is 1.26 bits per heavy atom. The van der Waals surface area contributed by atoms with Crippen LogP contribution < -0.4 is 4.90 Å². The predicted molar refractivity (Wildman–Crippen MR) is 79.3 cm³/mol. The lowest BCUT2D eigenvalue weighted by molar-refractivity contribution is 0.242. The van der Waals surface area contributed by atoms with Gasteiger partial charge in [0.2, 0.25) is 10.0 Å². The molecule has 1 aliphatic heterocycles. The summed E-state index contributed by atoms with van der Waals surface area (Å²) < 4.78 is 25.1. The van der Waals surface area contributed by atoms with Crippen molar-refractivity contribution < 1.29 is 8.42 Å². The first kappa shape index (κ1) is 14.6. The Hall–Kier alpha value is -0.790. The van der Waals surface area contributed by atoms with Crippen molar-refractivity contribution in [3.8, 4) is 0 Å². The van der Waals surface area contributed by atoms with Gasteiger partial charge in [-0.2, -0.15) is 4.31 Å². The molecule has 0 bridgehead atoms. The van der Waals surface area contributed by atoms with E-state index in [1.165, 1.54) is 6.26 Å². The third kappa shape index (κ3) is 3.21. The minimum absolute atomic E-state index is 0.0590. The fourth-order valence-electron chi connectivity index (χ4n) is 2.71. The number of hydrogen-bond donors (Lipinski definition) is 1. The van der Waals surface area contributed by atoms with Crippen LogP contribution in [0.4, 0.5) is 5.82 Å². The van der Waals surface area contributed by atoms with Crippen LogP contribution in [0.2, 0.25) is 0 Å². The van der Waals surface area contributed by atoms with E-state index in [0.29, 0.717) is 13.1 Å². The Morgan fingerprint density at radius 3 is 2.26 bits per heavy atom. The van der Waals surface area contributed by atoms with E-state index in [2.05, 4.69) is 22.5 Å². The highest BCUT2D eigenvalue weighted by Gasteiger charge is 2.35. The molecule has 1 aromatic heterocycles. The molecule has 5 nitrogen and oxygen atoms in total. The summed E-state index contributed by atoms with van der Waals surface area (Å²) in [6.45, 7) is 5.15. The Balaban J connectivity index is 2.20. The molecule has 0 aromatic carbocycles. The van der Waals surface area contributed by atoms with Crippen molar-refractivity contribution in [2.45, 2.75) is 30.8 Å². The molecule has 2 unspecified atom stereocenters. The first-order chi connectivity index (χ1) is 8.79. The van der Waals surface area contributed by atoms with Gasteiger partial charge in [-0.05, 0) is 26.0 Å². The van der Waals surface area contributed by atoms with Crippen LogP contribution in [0.15, 0.2) is 23.2 Å². The van der Waals surface area contributed by atoms with Crippen molar-refractivity contribution in [2.75, 3.05) is 24.2 Å². The highest BCUT2D eigenvalue weighted by molar-refractivity contribution is 7.88. The normalized spacial score (nSPS) is 25.6. The average molecular weight is 301 g/mol. The lowest BCUT2D eigenvalue weighted by atomic mass is 10.1. The molecule has 1 fully saturated rings. The molecule has 2 rings (SSSR count). The molecular weight excluding hydrogens is 282 g/mol. The van der Waals surface area contributed by atoms with Gasteiger partial charge < -0.3 is 4.90 Å². The van der Waals surface area contributed by atoms with Gasteiger partial charge in [-0.25, -0.2) is 13.4 Å². The number of pyridine rings is 1. The van der Waals surface area contributed by atoms with Gasteiger partial charge in [0.1, 0.15) is 5.82 Å². The standard InChI is InChI=1S/C12H19N3O2S2/c1-9-7-14(12-5-4-11(18)6-13-12)8-10(2)15(9)19(3,16)17/h4-6,9-10,18H,7-8H2,1-3H3. The van der Waals surface area contributed by atoms with Gasteiger partial charge >= 0.3 is 0 Å². The first-order valence-electron chi connectivity index (χ1n) is 6.17. The molecule has 2 heterocycles. The maximum absolute atomic E-state index is 11.8. The molecule has 2 atom stereocenters. The van der Waals surface area contributed by atoms with E-state index in [9.17, 15) is 8.42 Å². The van der Waals surface area contributed by atoms with E-state index in [1.54, 1.807) is 10.5 Å². The van der Waals surface area contributed by atoms with Crippen molar-refractivity contribution in [1.82, 2.24) is 9.29 Å². The Morgan fingerprint density at radius 2 is 1.84 bits per heavy atom. The molecule has 1 aliphatic rings. The van der Waals surface area contributed by atoms with E-state index in [1.807, 2.05) is 26.0 Å². The molecule has 19 heavy (non-hydrogen) atoms. The maximum Gasteiger partial charge on any atom is 0.211 e. The first-order valence-corrected chi connectivity index (χ1v) is 8.47. The van der Waals surface area contributed by atoms with Gasteiger partial charge in [0.05, 0.1) is 6.26 Å². The molecular formula is C12H19N3O2S2. The number of piperazine rings is 1. The van der Waals surface area contributed by atoms with Crippen LogP contribution in [0.25, 0.3) is 0 Å². The van der Waals surface area contributed by atoms with Crippen LogP contribution in [0.1, 0.15) is 13.8 Å². The maximum atomic E-state index is 11.8. The van der Waals surface area contributed by atoms with E-state index in [0.717, 1.165) is 10.7 Å². The van der Waals surface area contributed by atoms with E-state index >= 15 is 0 Å². The summed E-state index contributed by atoms with van der Waals surface area (Å²) in [5.41, 5.74) is 0. The van der Waals surface area contributed by atoms with Crippen LogP contribution in [0, 0.1) is 0 Å². The number of sulfonamides is 1. The second kappa shape index (κ2) is 5.30. The summed E-state index contributed by atoms with van der Waals surface area (Å²) in [7, 11) is -3.16. The van der Waals surface area contributed by atoms with Gasteiger partial charge in [0.15, 0.2) is 0 Å². The molecule has 7 heteroatoms. The summed E-state index contributed by atoms with van der Waals surface area (Å²) in [6, 6.07) is 3.69. The number of thiol groups is 1. The highest BCUT2D eigenvalue weighted by Crippen LogP contribution is 2.23. The summed E-state index contributed by atoms with van der Waals surface area (Å²) in [5.74, 6) is 0.865. The van der Waals surface area contributed by atoms with Gasteiger partial charge in [-0.15, -0.1) is 12.6 Å². The molecule has 106 valence electrons. The van der Waals surface area contributed by atoms with E-state index in [-0.39, 0.29) is 12.1 Å². The van der Waals surface area contributed by atoms with Gasteiger partial charge in [-0.3, -0.25) is 0 Å². The summed E-state index contributed by atoms with van der Waals surface area (Å²) in [6.07, 6.45) is 2.97. The summed E-state index contributed by atoms with van der Waals surface area (Å²) >= 11 is 4.21. The molecule has 1 saturated heterocycles. The highest BCUT2D eigenvalue weighted by atomic mass is 32.2. The predicted octanol–water partition coefficient (Wildman–Crippen LogP) is 1.23. The van der Waals surface area contributed by atoms with Crippen molar-refractivity contribution in [3.05, 3.63) is 18.3 Å². The van der Waals surface area contributed by atoms with Crippen molar-refractivity contribution >= 4 is 28.5 Å². The minimum Gasteiger partial charge on any atom is -0.353 e. The van der Waals surface area contributed by atoms with Crippen molar-refractivity contribution in [3.63, 3.8) is 0 Å². The zero-order chi connectivity index (χ0) is 14.2. The fraction of sp³-hybridized carbons (Fsp3) is 0.583. The van der Waals surface area contributed by atoms with Crippen LogP contribution in [0.3, 0.4) is 0 Å². The molecule has 0 amide bonds. The molecule has 1 aromatic rings. The molecule has 0 aliphatic carbocycles. The zero-order valence-corrected chi connectivity index (χ0v) is 13.0. The number of anilines is 1. The topological polar surface area (TPSA) is 53.5 Å². The van der Waals surface area contributed by atoms with Crippen LogP contribution >= 0.6 is 12.6 Å². The smallest absolute Gasteiger partial charge is 0.211 e. The number of aromatic nitrogens is 1. The number of hydrogen-bond acceptors (Lipinski definition) is 5. The summed E-state index contributed by atoms with van der Waals surface area (Å²) in [4.78, 5) is 7.27. The summed E-state index contributed by atoms with van der Waals surface area (Å²) in [5, 5.41) is 0. The Bertz CT molecular complexity index is 533.